The Labute approximate surface area is 93.7 Å². The summed E-state index contributed by atoms with van der Waals surface area (Å²) in [5.41, 5.74) is -0.718. The topological polar surface area (TPSA) is 73.0 Å². The van der Waals surface area contributed by atoms with Gasteiger partial charge >= 0.3 is 0 Å². The van der Waals surface area contributed by atoms with Gasteiger partial charge in [0.15, 0.2) is 0 Å². The monoisotopic (exact) mass is 300 g/mol. The molecule has 1 aromatic rings. The molecule has 15 heavy (non-hydrogen) atoms. The number of halogens is 3. The van der Waals surface area contributed by atoms with E-state index in [0.29, 0.717) is 0 Å². The summed E-state index contributed by atoms with van der Waals surface area (Å²) >= 11 is 2.91. The number of aromatic nitrogens is 1. The summed E-state index contributed by atoms with van der Waals surface area (Å²) < 4.78 is 47.4. The van der Waals surface area contributed by atoms with E-state index in [2.05, 4.69) is 20.9 Å². The molecule has 4 nitrogen and oxygen atoms in total. The average Bonchev–Trinajstić information content (AvgIpc) is 1.99. The molecule has 1 rings (SSSR count). The van der Waals surface area contributed by atoms with Gasteiger partial charge in [-0.15, -0.1) is 0 Å². The lowest BCUT2D eigenvalue weighted by Gasteiger charge is -2.09. The second-order valence-electron chi connectivity index (χ2n) is 2.79. The van der Waals surface area contributed by atoms with Crippen LogP contribution in [-0.4, -0.2) is 13.4 Å². The van der Waals surface area contributed by atoms with Crippen molar-refractivity contribution in [2.75, 3.05) is 0 Å². The molecule has 0 aromatic carbocycles. The van der Waals surface area contributed by atoms with Crippen molar-refractivity contribution in [1.29, 1.82) is 0 Å². The number of hydrogen-bond acceptors (Lipinski definition) is 3. The molecule has 0 aliphatic rings. The van der Waals surface area contributed by atoms with E-state index in [1.807, 2.05) is 0 Å². The molecular formula is C7H7BrF2N2O2S. The zero-order chi connectivity index (χ0) is 11.8. The summed E-state index contributed by atoms with van der Waals surface area (Å²) in [7, 11) is -4.17. The van der Waals surface area contributed by atoms with Gasteiger partial charge in [-0.05, 0) is 28.9 Å². The van der Waals surface area contributed by atoms with Crippen LogP contribution in [0.25, 0.3) is 0 Å². The second-order valence-corrected chi connectivity index (χ2v) is 5.13. The number of alkyl halides is 2. The van der Waals surface area contributed by atoms with Crippen molar-refractivity contribution in [2.45, 2.75) is 18.2 Å². The van der Waals surface area contributed by atoms with Crippen molar-refractivity contribution in [3.05, 3.63) is 21.9 Å². The van der Waals surface area contributed by atoms with Crippen molar-refractivity contribution in [2.24, 2.45) is 5.14 Å². The Morgan fingerprint density at radius 3 is 2.47 bits per heavy atom. The Balaban J connectivity index is 3.62. The van der Waals surface area contributed by atoms with Gasteiger partial charge < -0.3 is 0 Å². The number of primary sulfonamides is 1. The molecule has 0 aliphatic carbocycles. The summed E-state index contributed by atoms with van der Waals surface area (Å²) in [6, 6.07) is 0.962. The van der Waals surface area contributed by atoms with E-state index < -0.39 is 26.9 Å². The molecule has 0 saturated heterocycles. The van der Waals surface area contributed by atoms with Gasteiger partial charge in [-0.3, -0.25) is 0 Å². The first kappa shape index (κ1) is 12.5. The molecule has 8 heteroatoms. The average molecular weight is 301 g/mol. The summed E-state index contributed by atoms with van der Waals surface area (Å²) in [6.45, 7) is 1.29. The first-order valence-electron chi connectivity index (χ1n) is 3.71. The molecule has 2 N–H and O–H groups in total. The number of sulfonamides is 1. The quantitative estimate of drug-likeness (QED) is 0.846. The van der Waals surface area contributed by atoms with E-state index in [-0.39, 0.29) is 10.3 Å². The fraction of sp³-hybridized carbons (Fsp3) is 0.286. The van der Waals surface area contributed by atoms with Crippen LogP contribution >= 0.6 is 15.9 Å². The minimum Gasteiger partial charge on any atom is -0.246 e. The lowest BCUT2D eigenvalue weighted by Crippen LogP contribution is -2.16. The van der Waals surface area contributed by atoms with E-state index in [9.17, 15) is 17.2 Å². The number of pyridine rings is 1. The van der Waals surface area contributed by atoms with E-state index in [0.717, 1.165) is 6.07 Å². The summed E-state index contributed by atoms with van der Waals surface area (Å²) in [5.74, 6) is 0. The van der Waals surface area contributed by atoms with E-state index in [1.54, 1.807) is 0 Å². The van der Waals surface area contributed by atoms with Crippen LogP contribution in [0.1, 0.15) is 17.7 Å². The van der Waals surface area contributed by atoms with E-state index in [1.165, 1.54) is 6.92 Å². The maximum atomic E-state index is 12.6. The standard InChI is InChI=1S/C7H7BrF2N2O2S/c1-3-6(7(9)10)4(15(11,13)14)2-5(8)12-3/h2,7H,1H3,(H2,11,13,14). The molecule has 0 atom stereocenters. The van der Waals surface area contributed by atoms with Crippen LogP contribution in [0.5, 0.6) is 0 Å². The van der Waals surface area contributed by atoms with Gasteiger partial charge in [-0.25, -0.2) is 27.3 Å². The molecule has 0 bridgehead atoms. The number of hydrogen-bond donors (Lipinski definition) is 1. The van der Waals surface area contributed by atoms with Gasteiger partial charge in [0.25, 0.3) is 6.43 Å². The minimum absolute atomic E-state index is 0.0663. The number of aryl methyl sites for hydroxylation is 1. The third-order valence-electron chi connectivity index (χ3n) is 1.70. The maximum Gasteiger partial charge on any atom is 0.266 e. The molecule has 0 unspecified atom stereocenters. The van der Waals surface area contributed by atoms with Gasteiger partial charge in [0.2, 0.25) is 10.0 Å². The second kappa shape index (κ2) is 4.11. The highest BCUT2D eigenvalue weighted by molar-refractivity contribution is 9.10. The van der Waals surface area contributed by atoms with E-state index in [4.69, 9.17) is 5.14 Å². The molecule has 0 saturated carbocycles. The molecular weight excluding hydrogens is 294 g/mol. The van der Waals surface area contributed by atoms with Crippen LogP contribution in [0, 0.1) is 6.92 Å². The van der Waals surface area contributed by atoms with Crippen molar-refractivity contribution in [3.8, 4) is 0 Å². The van der Waals surface area contributed by atoms with Crippen LogP contribution < -0.4 is 5.14 Å². The highest BCUT2D eigenvalue weighted by Gasteiger charge is 2.24. The predicted molar refractivity (Wildman–Crippen MR) is 53.0 cm³/mol. The first-order chi connectivity index (χ1) is 6.73. The smallest absolute Gasteiger partial charge is 0.246 e. The largest absolute Gasteiger partial charge is 0.266 e. The highest BCUT2D eigenvalue weighted by atomic mass is 79.9. The van der Waals surface area contributed by atoms with Crippen LogP contribution in [0.15, 0.2) is 15.6 Å². The summed E-state index contributed by atoms with van der Waals surface area (Å²) in [5, 5.41) is 4.82. The third kappa shape index (κ3) is 2.70. The van der Waals surface area contributed by atoms with Crippen molar-refractivity contribution < 1.29 is 17.2 Å². The van der Waals surface area contributed by atoms with Gasteiger partial charge in [-0.1, -0.05) is 0 Å². The molecule has 84 valence electrons. The SMILES string of the molecule is Cc1nc(Br)cc(S(N)(=O)=O)c1C(F)F. The lowest BCUT2D eigenvalue weighted by atomic mass is 10.2. The number of rotatable bonds is 2. The predicted octanol–water partition coefficient (Wildman–Crippen LogP) is 1.74. The van der Waals surface area contributed by atoms with Gasteiger partial charge in [-0.2, -0.15) is 0 Å². The first-order valence-corrected chi connectivity index (χ1v) is 6.05. The Kier molecular flexibility index (Phi) is 3.41. The fourth-order valence-electron chi connectivity index (χ4n) is 1.12. The fourth-order valence-corrected chi connectivity index (χ4v) is 2.58. The Hall–Kier alpha value is -0.600. The third-order valence-corrected chi connectivity index (χ3v) is 3.06. The van der Waals surface area contributed by atoms with Crippen molar-refractivity contribution in [3.63, 3.8) is 0 Å². The van der Waals surface area contributed by atoms with E-state index >= 15 is 0 Å². The van der Waals surface area contributed by atoms with Gasteiger partial charge in [0.05, 0.1) is 10.5 Å². The Morgan fingerprint density at radius 1 is 1.53 bits per heavy atom. The van der Waals surface area contributed by atoms with Crippen LogP contribution in [0.4, 0.5) is 8.78 Å². The Bertz CT molecular complexity index is 490. The van der Waals surface area contributed by atoms with Gasteiger partial charge in [0, 0.05) is 5.69 Å². The zero-order valence-corrected chi connectivity index (χ0v) is 9.94. The number of nitrogens with two attached hydrogens (primary N) is 1. The zero-order valence-electron chi connectivity index (χ0n) is 7.54. The molecule has 0 aliphatic heterocycles. The molecule has 0 spiro atoms. The maximum absolute atomic E-state index is 12.6. The summed E-state index contributed by atoms with van der Waals surface area (Å²) in [6.07, 6.45) is -2.93. The van der Waals surface area contributed by atoms with Crippen molar-refractivity contribution in [1.82, 2.24) is 4.98 Å². The lowest BCUT2D eigenvalue weighted by molar-refractivity contribution is 0.146. The minimum atomic E-state index is -4.17. The van der Waals surface area contributed by atoms with Gasteiger partial charge in [0.1, 0.15) is 4.60 Å². The Morgan fingerprint density at radius 2 is 2.07 bits per heavy atom. The molecule has 0 radical (unpaired) electrons. The summed E-state index contributed by atoms with van der Waals surface area (Å²) in [4.78, 5) is 3.09. The normalized spacial score (nSPS) is 12.1. The van der Waals surface area contributed by atoms with Crippen LogP contribution in [0.2, 0.25) is 0 Å². The molecule has 0 amide bonds. The molecule has 0 fully saturated rings. The van der Waals surface area contributed by atoms with Crippen LogP contribution in [0.3, 0.4) is 0 Å². The molecule has 1 aromatic heterocycles. The van der Waals surface area contributed by atoms with Crippen LogP contribution in [-0.2, 0) is 10.0 Å². The number of nitrogens with zero attached hydrogens (tertiary/aromatic N) is 1. The highest BCUT2D eigenvalue weighted by Crippen LogP contribution is 2.29. The molecule has 1 heterocycles. The van der Waals surface area contributed by atoms with Crippen molar-refractivity contribution >= 4 is 26.0 Å².